The van der Waals surface area contributed by atoms with E-state index in [1.165, 1.54) is 0 Å². The number of Topliss-reactive ketones (excluding diaryl/α,β-unsaturated/α-hetero) is 1. The second-order valence-electron chi connectivity index (χ2n) is 11.3. The number of ketones is 1. The van der Waals surface area contributed by atoms with E-state index in [2.05, 4.69) is 39.2 Å². The molecule has 2 amide bonds. The molecule has 0 saturated carbocycles. The lowest BCUT2D eigenvalue weighted by atomic mass is 9.82. The zero-order valence-corrected chi connectivity index (χ0v) is 21.8. The summed E-state index contributed by atoms with van der Waals surface area (Å²) in [6.07, 6.45) is 0.0589. The van der Waals surface area contributed by atoms with E-state index in [4.69, 9.17) is 9.16 Å². The van der Waals surface area contributed by atoms with Crippen LogP contribution in [0.2, 0.25) is 18.1 Å². The Morgan fingerprint density at radius 1 is 1.13 bits per heavy atom. The Bertz CT molecular complexity index is 718. The lowest BCUT2D eigenvalue weighted by Gasteiger charge is -2.44. The van der Waals surface area contributed by atoms with Crippen molar-refractivity contribution in [3.63, 3.8) is 0 Å². The topological polar surface area (TPSA) is 102 Å². The van der Waals surface area contributed by atoms with Gasteiger partial charge in [-0.05, 0) is 52.8 Å². The first-order valence-corrected chi connectivity index (χ1v) is 13.7. The van der Waals surface area contributed by atoms with Gasteiger partial charge in [0, 0.05) is 18.5 Å². The summed E-state index contributed by atoms with van der Waals surface area (Å²) in [6, 6.07) is 0. The lowest BCUT2D eigenvalue weighted by Crippen LogP contribution is -2.61. The van der Waals surface area contributed by atoms with Gasteiger partial charge in [0.25, 0.3) is 0 Å². The minimum Gasteiger partial charge on any atom is -0.459 e. The largest absolute Gasteiger partial charge is 0.459 e. The van der Waals surface area contributed by atoms with Gasteiger partial charge in [-0.25, -0.2) is 0 Å². The number of hydrogen-bond donors (Lipinski definition) is 1. The number of rotatable bonds is 7. The predicted octanol–water partition coefficient (Wildman–Crippen LogP) is 2.66. The van der Waals surface area contributed by atoms with E-state index in [-0.39, 0.29) is 11.5 Å². The molecule has 0 aromatic carbocycles. The normalized spacial score (nSPS) is 19.9. The van der Waals surface area contributed by atoms with Crippen molar-refractivity contribution in [2.75, 3.05) is 19.7 Å². The molecule has 1 aliphatic heterocycles. The molecule has 31 heavy (non-hydrogen) atoms. The van der Waals surface area contributed by atoms with E-state index >= 15 is 0 Å². The number of carbonyl (C=O) groups is 4. The van der Waals surface area contributed by atoms with Crippen molar-refractivity contribution in [2.24, 2.45) is 5.92 Å². The Balaban J connectivity index is 2.84. The molecule has 1 N–H and O–H groups in total. The number of likely N-dealkylation sites (tertiary alicyclic amines) is 1. The molecule has 0 aromatic heterocycles. The molecule has 9 heteroatoms. The highest BCUT2D eigenvalue weighted by molar-refractivity contribution is 6.74. The fraction of sp³-hybridized carbons (Fsp3) is 0.818. The Morgan fingerprint density at radius 2 is 1.68 bits per heavy atom. The van der Waals surface area contributed by atoms with E-state index in [1.807, 2.05) is 13.8 Å². The van der Waals surface area contributed by atoms with Crippen LogP contribution in [0.15, 0.2) is 0 Å². The smallest absolute Gasteiger partial charge is 0.325 e. The Morgan fingerprint density at radius 3 is 2.16 bits per heavy atom. The number of nitrogens with zero attached hydrogens (tertiary/aromatic N) is 1. The quantitative estimate of drug-likeness (QED) is 0.359. The summed E-state index contributed by atoms with van der Waals surface area (Å²) < 4.78 is 11.3. The molecular formula is C22H40N2O6Si. The minimum absolute atomic E-state index is 0.0362. The average molecular weight is 457 g/mol. The number of carbonyl (C=O) groups excluding carboxylic acids is 4. The summed E-state index contributed by atoms with van der Waals surface area (Å²) in [5.74, 6) is -3.86. The summed E-state index contributed by atoms with van der Waals surface area (Å²) in [7, 11) is -1.99. The van der Waals surface area contributed by atoms with Gasteiger partial charge in [-0.2, -0.15) is 0 Å². The van der Waals surface area contributed by atoms with Crippen LogP contribution in [-0.4, -0.2) is 67.6 Å². The van der Waals surface area contributed by atoms with Crippen LogP contribution in [0, 0.1) is 5.92 Å². The molecule has 1 unspecified atom stereocenters. The minimum atomic E-state index is -1.99. The van der Waals surface area contributed by atoms with Crippen molar-refractivity contribution in [1.82, 2.24) is 10.2 Å². The van der Waals surface area contributed by atoms with Crippen LogP contribution in [0.3, 0.4) is 0 Å². The number of piperidine rings is 1. The molecule has 0 aromatic rings. The molecule has 1 atom stereocenters. The molecule has 1 heterocycles. The fourth-order valence-electron chi connectivity index (χ4n) is 3.13. The summed E-state index contributed by atoms with van der Waals surface area (Å²) in [4.78, 5) is 51.7. The van der Waals surface area contributed by atoms with Gasteiger partial charge >= 0.3 is 5.97 Å². The molecule has 1 fully saturated rings. The van der Waals surface area contributed by atoms with Gasteiger partial charge < -0.3 is 19.4 Å². The van der Waals surface area contributed by atoms with E-state index in [9.17, 15) is 19.2 Å². The van der Waals surface area contributed by atoms with Gasteiger partial charge in [0.15, 0.2) is 20.0 Å². The van der Waals surface area contributed by atoms with Crippen molar-refractivity contribution < 1.29 is 28.3 Å². The van der Waals surface area contributed by atoms with Crippen molar-refractivity contribution in [1.29, 1.82) is 0 Å². The Hall–Kier alpha value is -1.74. The summed E-state index contributed by atoms with van der Waals surface area (Å²) in [5, 5.41) is 2.41. The maximum Gasteiger partial charge on any atom is 0.325 e. The highest BCUT2D eigenvalue weighted by Crippen LogP contribution is 2.37. The molecule has 178 valence electrons. The number of amides is 2. The molecular weight excluding hydrogens is 416 g/mol. The van der Waals surface area contributed by atoms with Crippen molar-refractivity contribution in [3.05, 3.63) is 0 Å². The number of ether oxygens (including phenoxy) is 1. The second kappa shape index (κ2) is 9.40. The van der Waals surface area contributed by atoms with Crippen LogP contribution in [-0.2, 0) is 28.3 Å². The van der Waals surface area contributed by atoms with Gasteiger partial charge in [0.2, 0.25) is 11.8 Å². The first-order chi connectivity index (χ1) is 13.8. The Labute approximate surface area is 187 Å². The van der Waals surface area contributed by atoms with E-state index in [0.717, 1.165) is 0 Å². The van der Waals surface area contributed by atoms with Gasteiger partial charge in [-0.15, -0.1) is 0 Å². The Kier molecular flexibility index (Phi) is 8.28. The first-order valence-electron chi connectivity index (χ1n) is 10.8. The van der Waals surface area contributed by atoms with Crippen LogP contribution < -0.4 is 5.32 Å². The lowest BCUT2D eigenvalue weighted by molar-refractivity contribution is -0.160. The SMILES string of the molecule is CC(C)(C)OC(=O)CNC(=O)C1C(=O)CC(C)(C)N(CCO[Si](C)(C)C(C)(C)C)C1=O. The zero-order chi connectivity index (χ0) is 24.4. The van der Waals surface area contributed by atoms with Crippen LogP contribution in [0.4, 0.5) is 0 Å². The predicted molar refractivity (Wildman–Crippen MR) is 121 cm³/mol. The highest BCUT2D eigenvalue weighted by Gasteiger charge is 2.48. The average Bonchev–Trinajstić information content (AvgIpc) is 2.52. The summed E-state index contributed by atoms with van der Waals surface area (Å²) >= 11 is 0. The molecule has 0 spiro atoms. The summed E-state index contributed by atoms with van der Waals surface area (Å²) in [6.45, 7) is 19.7. The third kappa shape index (κ3) is 7.41. The molecule has 0 aliphatic carbocycles. The summed E-state index contributed by atoms with van der Waals surface area (Å²) in [5.41, 5.74) is -1.41. The number of esters is 1. The van der Waals surface area contributed by atoms with Gasteiger partial charge in [-0.3, -0.25) is 19.2 Å². The van der Waals surface area contributed by atoms with E-state index in [1.54, 1.807) is 25.7 Å². The number of hydrogen-bond acceptors (Lipinski definition) is 6. The van der Waals surface area contributed by atoms with Gasteiger partial charge in [0.05, 0.1) is 6.61 Å². The maximum atomic E-state index is 13.1. The van der Waals surface area contributed by atoms with E-state index < -0.39 is 55.5 Å². The van der Waals surface area contributed by atoms with Gasteiger partial charge in [-0.1, -0.05) is 20.8 Å². The molecule has 8 nitrogen and oxygen atoms in total. The third-order valence-corrected chi connectivity index (χ3v) is 10.4. The van der Waals surface area contributed by atoms with Crippen LogP contribution in [0.25, 0.3) is 0 Å². The van der Waals surface area contributed by atoms with E-state index in [0.29, 0.717) is 13.2 Å². The monoisotopic (exact) mass is 456 g/mol. The number of nitrogens with one attached hydrogen (secondary N) is 1. The fourth-order valence-corrected chi connectivity index (χ4v) is 4.17. The molecule has 0 bridgehead atoms. The molecule has 1 aliphatic rings. The van der Waals surface area contributed by atoms with Crippen molar-refractivity contribution in [3.8, 4) is 0 Å². The maximum absolute atomic E-state index is 13.1. The molecule has 1 saturated heterocycles. The van der Waals surface area contributed by atoms with Crippen molar-refractivity contribution in [2.45, 2.75) is 91.1 Å². The molecule has 0 radical (unpaired) electrons. The van der Waals surface area contributed by atoms with Crippen LogP contribution in [0.1, 0.15) is 61.8 Å². The highest BCUT2D eigenvalue weighted by atomic mass is 28.4. The van der Waals surface area contributed by atoms with Crippen LogP contribution >= 0.6 is 0 Å². The first kappa shape index (κ1) is 27.3. The second-order valence-corrected chi connectivity index (χ2v) is 16.1. The standard InChI is InChI=1S/C22H40N2O6Si/c1-20(2,3)30-16(26)14-23-18(27)17-15(25)13-22(7,8)24(19(17)28)11-12-29-31(9,10)21(4,5)6/h17H,11-14H2,1-10H3,(H,23,27). The third-order valence-electron chi connectivity index (χ3n) is 5.85. The van der Waals surface area contributed by atoms with Gasteiger partial charge in [0.1, 0.15) is 12.1 Å². The van der Waals surface area contributed by atoms with Crippen molar-refractivity contribution >= 4 is 31.9 Å². The molecule has 1 rings (SSSR count). The van der Waals surface area contributed by atoms with Crippen LogP contribution in [0.5, 0.6) is 0 Å². The zero-order valence-electron chi connectivity index (χ0n) is 20.8.